The molecule has 0 atom stereocenters. The number of hydrogen-bond donors (Lipinski definition) is 5. The van der Waals surface area contributed by atoms with E-state index < -0.39 is 11.9 Å². The fourth-order valence-corrected chi connectivity index (χ4v) is 2.12. The Morgan fingerprint density at radius 1 is 1.27 bits per heavy atom. The second kappa shape index (κ2) is 6.37. The number of ether oxygens (including phenoxy) is 1. The van der Waals surface area contributed by atoms with Gasteiger partial charge < -0.3 is 21.2 Å². The molecule has 0 saturated heterocycles. The molecule has 22 heavy (non-hydrogen) atoms. The molecule has 3 amide bonds. The lowest BCUT2D eigenvalue weighted by Crippen LogP contribution is -2.22. The predicted molar refractivity (Wildman–Crippen MR) is 82.6 cm³/mol. The Bertz CT molecular complexity index is 728. The lowest BCUT2D eigenvalue weighted by molar-refractivity contribution is 0.100. The third kappa shape index (κ3) is 3.30. The molecule has 0 bridgehead atoms. The summed E-state index contributed by atoms with van der Waals surface area (Å²) in [5.74, 6) is -0.182. The Hall–Kier alpha value is -2.71. The molecular formula is C13H14ClN5O3. The van der Waals surface area contributed by atoms with Gasteiger partial charge >= 0.3 is 6.03 Å². The van der Waals surface area contributed by atoms with Gasteiger partial charge in [0.2, 0.25) is 0 Å². The van der Waals surface area contributed by atoms with Crippen LogP contribution >= 0.6 is 11.6 Å². The van der Waals surface area contributed by atoms with Gasteiger partial charge in [0.1, 0.15) is 18.3 Å². The molecule has 0 saturated carbocycles. The quantitative estimate of drug-likeness (QED) is 0.526. The molecule has 1 aromatic carbocycles. The minimum absolute atomic E-state index is 0.0373. The highest BCUT2D eigenvalue weighted by Gasteiger charge is 2.17. The third-order valence-electron chi connectivity index (χ3n) is 2.80. The number of rotatable bonds is 5. The van der Waals surface area contributed by atoms with Crippen molar-refractivity contribution >= 4 is 29.4 Å². The molecule has 8 N–H and O–H groups in total. The van der Waals surface area contributed by atoms with Gasteiger partial charge in [0.25, 0.3) is 5.91 Å². The van der Waals surface area contributed by atoms with Crippen molar-refractivity contribution in [2.45, 2.75) is 0 Å². The monoisotopic (exact) mass is 323 g/mol. The zero-order valence-electron chi connectivity index (χ0n) is 11.4. The van der Waals surface area contributed by atoms with Crippen LogP contribution in [0.4, 0.5) is 10.6 Å². The third-order valence-corrected chi connectivity index (χ3v) is 3.04. The highest BCUT2D eigenvalue weighted by molar-refractivity contribution is 6.31. The first-order valence-electron chi connectivity index (χ1n) is 6.14. The first-order chi connectivity index (χ1) is 10.4. The molecule has 2 aromatic rings. The molecule has 0 aliphatic carbocycles. The minimum atomic E-state index is -0.833. The largest absolute Gasteiger partial charge is 0.478 e. The zero-order valence-corrected chi connectivity index (χ0v) is 12.1. The highest BCUT2D eigenvalue weighted by atomic mass is 35.5. The summed E-state index contributed by atoms with van der Waals surface area (Å²) in [6.07, 6.45) is 0. The van der Waals surface area contributed by atoms with Crippen LogP contribution in [0, 0.1) is 0 Å². The average Bonchev–Trinajstić information content (AvgIpc) is 2.84. The normalized spacial score (nSPS) is 10.3. The van der Waals surface area contributed by atoms with Crippen LogP contribution in [0.25, 0.3) is 11.3 Å². The predicted octanol–water partition coefficient (Wildman–Crippen LogP) is 1.22. The number of amides is 3. The van der Waals surface area contributed by atoms with Crippen LogP contribution in [0.5, 0.6) is 5.75 Å². The number of primary amides is 2. The summed E-state index contributed by atoms with van der Waals surface area (Å²) in [5, 5.41) is 2.75. The van der Waals surface area contributed by atoms with Crippen LogP contribution < -0.4 is 27.3 Å². The number of benzene rings is 1. The van der Waals surface area contributed by atoms with Crippen LogP contribution in [0.3, 0.4) is 0 Å². The first kappa shape index (κ1) is 15.7. The van der Waals surface area contributed by atoms with Gasteiger partial charge in [-0.1, -0.05) is 11.6 Å². The van der Waals surface area contributed by atoms with E-state index in [1.165, 1.54) is 6.07 Å². The molecule has 0 fully saturated rings. The summed E-state index contributed by atoms with van der Waals surface area (Å²) >= 11 is 5.98. The SMILES string of the molecule is NCOc1ccc(Cl)cc1-c1cc(C(N)=O)c(NC(N)=O)[nH]1. The number of aromatic amines is 1. The Morgan fingerprint density at radius 3 is 2.59 bits per heavy atom. The summed E-state index contributed by atoms with van der Waals surface area (Å²) in [4.78, 5) is 25.3. The Balaban J connectivity index is 2.55. The van der Waals surface area contributed by atoms with Gasteiger partial charge in [-0.15, -0.1) is 0 Å². The van der Waals surface area contributed by atoms with E-state index in [4.69, 9.17) is 33.5 Å². The second-order valence-corrected chi connectivity index (χ2v) is 4.71. The van der Waals surface area contributed by atoms with E-state index in [-0.39, 0.29) is 18.1 Å². The van der Waals surface area contributed by atoms with Crippen molar-refractivity contribution in [1.29, 1.82) is 0 Å². The number of nitrogens with one attached hydrogen (secondary N) is 2. The van der Waals surface area contributed by atoms with E-state index in [0.29, 0.717) is 22.0 Å². The molecule has 9 heteroatoms. The molecule has 0 aliphatic heterocycles. The fourth-order valence-electron chi connectivity index (χ4n) is 1.94. The average molecular weight is 324 g/mol. The van der Waals surface area contributed by atoms with Crippen LogP contribution in [0.15, 0.2) is 24.3 Å². The maximum atomic E-state index is 11.5. The fraction of sp³-hybridized carbons (Fsp3) is 0.0769. The van der Waals surface area contributed by atoms with E-state index in [2.05, 4.69) is 10.3 Å². The molecular weight excluding hydrogens is 310 g/mol. The van der Waals surface area contributed by atoms with E-state index in [1.807, 2.05) is 0 Å². The number of carbonyl (C=O) groups excluding carboxylic acids is 2. The first-order valence-corrected chi connectivity index (χ1v) is 6.52. The van der Waals surface area contributed by atoms with Gasteiger partial charge in [0.15, 0.2) is 0 Å². The number of halogens is 1. The van der Waals surface area contributed by atoms with Crippen molar-refractivity contribution in [1.82, 2.24) is 4.98 Å². The van der Waals surface area contributed by atoms with Crippen LogP contribution in [-0.2, 0) is 0 Å². The standard InChI is InChI=1S/C13H14ClN5O3/c14-6-1-2-10(22-5-15)7(3-6)9-4-8(11(16)20)12(18-9)19-13(17)21/h1-4,18H,5,15H2,(H2,16,20)(H3,17,19,21). The molecule has 0 unspecified atom stereocenters. The van der Waals surface area contributed by atoms with Gasteiger partial charge in [0.05, 0.1) is 11.3 Å². The summed E-state index contributed by atoms with van der Waals surface area (Å²) in [7, 11) is 0. The maximum Gasteiger partial charge on any atom is 0.317 e. The maximum absolute atomic E-state index is 11.5. The van der Waals surface area contributed by atoms with Gasteiger partial charge in [-0.2, -0.15) is 0 Å². The van der Waals surface area contributed by atoms with Crippen molar-refractivity contribution in [3.8, 4) is 17.0 Å². The summed E-state index contributed by atoms with van der Waals surface area (Å²) in [6, 6.07) is 5.52. The zero-order chi connectivity index (χ0) is 16.3. The van der Waals surface area contributed by atoms with E-state index >= 15 is 0 Å². The van der Waals surface area contributed by atoms with Crippen molar-refractivity contribution in [2.75, 3.05) is 12.0 Å². The van der Waals surface area contributed by atoms with Gasteiger partial charge in [-0.3, -0.25) is 15.8 Å². The van der Waals surface area contributed by atoms with Crippen LogP contribution in [0.2, 0.25) is 5.02 Å². The number of carbonyl (C=O) groups is 2. The number of aromatic nitrogens is 1. The molecule has 1 aromatic heterocycles. The number of H-pyrrole nitrogens is 1. The topological polar surface area (TPSA) is 149 Å². The number of anilines is 1. The Labute approximate surface area is 130 Å². The molecule has 1 heterocycles. The van der Waals surface area contributed by atoms with Gasteiger partial charge in [0, 0.05) is 10.6 Å². The lowest BCUT2D eigenvalue weighted by Gasteiger charge is -2.09. The van der Waals surface area contributed by atoms with Crippen molar-refractivity contribution in [3.05, 3.63) is 34.9 Å². The minimum Gasteiger partial charge on any atom is -0.478 e. The number of hydrogen-bond acceptors (Lipinski definition) is 4. The summed E-state index contributed by atoms with van der Waals surface area (Å²) in [6.45, 7) is -0.0373. The van der Waals surface area contributed by atoms with Crippen LogP contribution in [-0.4, -0.2) is 23.7 Å². The lowest BCUT2D eigenvalue weighted by atomic mass is 10.1. The molecule has 2 rings (SSSR count). The van der Waals surface area contributed by atoms with Crippen molar-refractivity contribution < 1.29 is 14.3 Å². The van der Waals surface area contributed by atoms with E-state index in [9.17, 15) is 9.59 Å². The van der Waals surface area contributed by atoms with E-state index in [1.54, 1.807) is 18.2 Å². The highest BCUT2D eigenvalue weighted by Crippen LogP contribution is 2.34. The summed E-state index contributed by atoms with van der Waals surface area (Å²) < 4.78 is 5.31. The van der Waals surface area contributed by atoms with Crippen LogP contribution in [0.1, 0.15) is 10.4 Å². The van der Waals surface area contributed by atoms with Crippen molar-refractivity contribution in [3.63, 3.8) is 0 Å². The smallest absolute Gasteiger partial charge is 0.317 e. The second-order valence-electron chi connectivity index (χ2n) is 4.28. The number of nitrogens with two attached hydrogens (primary N) is 3. The molecule has 0 aliphatic rings. The molecule has 116 valence electrons. The Morgan fingerprint density at radius 2 is 2.00 bits per heavy atom. The Kier molecular flexibility index (Phi) is 4.54. The molecule has 0 spiro atoms. The van der Waals surface area contributed by atoms with Gasteiger partial charge in [-0.25, -0.2) is 4.79 Å². The van der Waals surface area contributed by atoms with E-state index in [0.717, 1.165) is 0 Å². The van der Waals surface area contributed by atoms with Gasteiger partial charge in [-0.05, 0) is 24.3 Å². The number of urea groups is 1. The molecule has 0 radical (unpaired) electrons. The molecule has 8 nitrogen and oxygen atoms in total. The summed E-state index contributed by atoms with van der Waals surface area (Å²) in [5.41, 5.74) is 16.8. The van der Waals surface area contributed by atoms with Crippen molar-refractivity contribution in [2.24, 2.45) is 17.2 Å².